The molecule has 136 valence electrons. The van der Waals surface area contributed by atoms with Gasteiger partial charge < -0.3 is 0 Å². The van der Waals surface area contributed by atoms with Crippen LogP contribution >= 0.6 is 0 Å². The average molecular weight is 331 g/mol. The largest absolute Gasteiger partial charge is 0.299 e. The topological polar surface area (TPSA) is 17.1 Å². The minimum Gasteiger partial charge on any atom is -0.299 e. The Kier molecular flexibility index (Phi) is 5.64. The number of hydrogen-bond acceptors (Lipinski definition) is 1. The van der Waals surface area contributed by atoms with Gasteiger partial charge in [-0.1, -0.05) is 64.2 Å². The van der Waals surface area contributed by atoms with Crippen LogP contribution in [0, 0.1) is 35.5 Å². The first-order valence-corrected chi connectivity index (χ1v) is 11.4. The molecule has 2 atom stereocenters. The Labute approximate surface area is 149 Å². The Balaban J connectivity index is 1.26. The van der Waals surface area contributed by atoms with Crippen LogP contribution in [0.5, 0.6) is 0 Å². The molecule has 0 aromatic carbocycles. The third-order valence-electron chi connectivity index (χ3n) is 8.44. The van der Waals surface area contributed by atoms with Gasteiger partial charge in [0, 0.05) is 11.8 Å². The predicted molar refractivity (Wildman–Crippen MR) is 99.8 cm³/mol. The molecule has 0 aromatic rings. The number of carbonyl (C=O) groups excluding carboxylic acids is 1. The summed E-state index contributed by atoms with van der Waals surface area (Å²) in [4.78, 5) is 13.1. The van der Waals surface area contributed by atoms with Crippen LogP contribution in [-0.4, -0.2) is 5.78 Å². The van der Waals surface area contributed by atoms with E-state index in [4.69, 9.17) is 0 Å². The molecule has 0 bridgehead atoms. The van der Waals surface area contributed by atoms with Gasteiger partial charge in [0.05, 0.1) is 0 Å². The maximum absolute atomic E-state index is 13.1. The van der Waals surface area contributed by atoms with Gasteiger partial charge in [-0.05, 0) is 62.2 Å². The number of carbonyl (C=O) groups is 1. The van der Waals surface area contributed by atoms with Crippen molar-refractivity contribution in [1.82, 2.24) is 0 Å². The van der Waals surface area contributed by atoms with Crippen molar-refractivity contribution in [2.24, 2.45) is 35.5 Å². The SMILES string of the molecule is O=C(C1CCC(C2CCCCC2)CC1)C1CCC1C1CCCCC1. The van der Waals surface area contributed by atoms with E-state index in [1.807, 2.05) is 0 Å². The summed E-state index contributed by atoms with van der Waals surface area (Å²) in [7, 11) is 0. The molecule has 4 rings (SSSR count). The van der Waals surface area contributed by atoms with Gasteiger partial charge in [-0.3, -0.25) is 4.79 Å². The Morgan fingerprint density at radius 3 is 1.58 bits per heavy atom. The quantitative estimate of drug-likeness (QED) is 0.571. The van der Waals surface area contributed by atoms with Gasteiger partial charge in [0.15, 0.2) is 0 Å². The third-order valence-corrected chi connectivity index (χ3v) is 8.44. The Bertz CT molecular complexity index is 408. The van der Waals surface area contributed by atoms with Gasteiger partial charge in [-0.25, -0.2) is 0 Å². The number of hydrogen-bond donors (Lipinski definition) is 0. The fourth-order valence-corrected chi connectivity index (χ4v) is 6.79. The highest BCUT2D eigenvalue weighted by Gasteiger charge is 2.44. The minimum atomic E-state index is 0.446. The van der Waals surface area contributed by atoms with Gasteiger partial charge >= 0.3 is 0 Å². The van der Waals surface area contributed by atoms with Gasteiger partial charge in [0.1, 0.15) is 5.78 Å². The second kappa shape index (κ2) is 7.92. The molecule has 1 nitrogen and oxygen atoms in total. The summed E-state index contributed by atoms with van der Waals surface area (Å²) in [5, 5.41) is 0. The molecule has 0 radical (unpaired) electrons. The molecule has 0 heterocycles. The summed E-state index contributed by atoms with van der Waals surface area (Å²) in [5.74, 6) is 5.29. The summed E-state index contributed by atoms with van der Waals surface area (Å²) in [6, 6.07) is 0. The number of rotatable bonds is 4. The van der Waals surface area contributed by atoms with Crippen LogP contribution in [0.25, 0.3) is 0 Å². The van der Waals surface area contributed by atoms with E-state index < -0.39 is 0 Å². The average Bonchev–Trinajstić information content (AvgIpc) is 2.62. The van der Waals surface area contributed by atoms with Crippen LogP contribution in [-0.2, 0) is 4.79 Å². The first-order valence-electron chi connectivity index (χ1n) is 11.4. The van der Waals surface area contributed by atoms with E-state index in [9.17, 15) is 4.79 Å². The predicted octanol–water partition coefficient (Wildman–Crippen LogP) is 6.55. The summed E-state index contributed by atoms with van der Waals surface area (Å²) in [5.41, 5.74) is 0. The third kappa shape index (κ3) is 3.61. The standard InChI is InChI=1S/C23H38O/c24-23(22-16-15-21(22)19-9-5-2-6-10-19)20-13-11-18(12-14-20)17-7-3-1-4-8-17/h17-22H,1-16H2. The maximum Gasteiger partial charge on any atom is 0.139 e. The van der Waals surface area contributed by atoms with Gasteiger partial charge in [0.25, 0.3) is 0 Å². The van der Waals surface area contributed by atoms with Gasteiger partial charge in [0.2, 0.25) is 0 Å². The molecule has 0 N–H and O–H groups in total. The first-order chi connectivity index (χ1) is 11.8. The maximum atomic E-state index is 13.1. The van der Waals surface area contributed by atoms with Crippen LogP contribution in [0.2, 0.25) is 0 Å². The minimum absolute atomic E-state index is 0.446. The lowest BCUT2D eigenvalue weighted by Gasteiger charge is -2.45. The zero-order chi connectivity index (χ0) is 16.4. The van der Waals surface area contributed by atoms with Crippen molar-refractivity contribution in [1.29, 1.82) is 0 Å². The van der Waals surface area contributed by atoms with Crippen molar-refractivity contribution in [3.8, 4) is 0 Å². The highest BCUT2D eigenvalue weighted by atomic mass is 16.1. The molecule has 1 heteroatoms. The second-order valence-corrected chi connectivity index (χ2v) is 9.66. The number of Topliss-reactive ketones (excluding diaryl/α,β-unsaturated/α-hetero) is 1. The Morgan fingerprint density at radius 2 is 1.04 bits per heavy atom. The highest BCUT2D eigenvalue weighted by Crippen LogP contribution is 2.48. The molecule has 4 fully saturated rings. The molecule has 4 saturated carbocycles. The zero-order valence-corrected chi connectivity index (χ0v) is 15.7. The molecule has 0 aromatic heterocycles. The number of ketones is 1. The van der Waals surface area contributed by atoms with Crippen molar-refractivity contribution < 1.29 is 4.79 Å². The molecule has 2 unspecified atom stereocenters. The molecular weight excluding hydrogens is 292 g/mol. The summed E-state index contributed by atoms with van der Waals surface area (Å²) in [6.07, 6.45) is 22.3. The van der Waals surface area contributed by atoms with Crippen LogP contribution in [0.3, 0.4) is 0 Å². The molecule has 0 spiro atoms. The fraction of sp³-hybridized carbons (Fsp3) is 0.957. The van der Waals surface area contributed by atoms with Gasteiger partial charge in [-0.2, -0.15) is 0 Å². The lowest BCUT2D eigenvalue weighted by molar-refractivity contribution is -0.135. The smallest absolute Gasteiger partial charge is 0.139 e. The zero-order valence-electron chi connectivity index (χ0n) is 15.7. The normalized spacial score (nSPS) is 39.3. The van der Waals surface area contributed by atoms with Crippen LogP contribution in [0.1, 0.15) is 103 Å². The lowest BCUT2D eigenvalue weighted by atomic mass is 9.59. The first kappa shape index (κ1) is 17.1. The molecule has 4 aliphatic rings. The van der Waals surface area contributed by atoms with E-state index >= 15 is 0 Å². The molecular formula is C23H38O. The monoisotopic (exact) mass is 330 g/mol. The van der Waals surface area contributed by atoms with Crippen molar-refractivity contribution in [3.05, 3.63) is 0 Å². The Hall–Kier alpha value is -0.330. The van der Waals surface area contributed by atoms with Crippen LogP contribution in [0.15, 0.2) is 0 Å². The summed E-state index contributed by atoms with van der Waals surface area (Å²) < 4.78 is 0. The van der Waals surface area contributed by atoms with E-state index in [-0.39, 0.29) is 0 Å². The van der Waals surface area contributed by atoms with Crippen molar-refractivity contribution in [2.45, 2.75) is 103 Å². The lowest BCUT2D eigenvalue weighted by Crippen LogP contribution is -2.42. The van der Waals surface area contributed by atoms with E-state index in [1.165, 1.54) is 103 Å². The van der Waals surface area contributed by atoms with E-state index in [2.05, 4.69) is 0 Å². The second-order valence-electron chi connectivity index (χ2n) is 9.66. The summed E-state index contributed by atoms with van der Waals surface area (Å²) in [6.45, 7) is 0. The molecule has 4 aliphatic carbocycles. The highest BCUT2D eigenvalue weighted by molar-refractivity contribution is 5.84. The summed E-state index contributed by atoms with van der Waals surface area (Å²) >= 11 is 0. The molecule has 0 amide bonds. The van der Waals surface area contributed by atoms with Crippen LogP contribution < -0.4 is 0 Å². The molecule has 0 saturated heterocycles. The van der Waals surface area contributed by atoms with Crippen molar-refractivity contribution in [3.63, 3.8) is 0 Å². The van der Waals surface area contributed by atoms with E-state index in [0.717, 1.165) is 23.7 Å². The Morgan fingerprint density at radius 1 is 0.500 bits per heavy atom. The van der Waals surface area contributed by atoms with E-state index in [1.54, 1.807) is 0 Å². The van der Waals surface area contributed by atoms with Gasteiger partial charge in [-0.15, -0.1) is 0 Å². The fourth-order valence-electron chi connectivity index (χ4n) is 6.79. The molecule has 0 aliphatic heterocycles. The van der Waals surface area contributed by atoms with Crippen molar-refractivity contribution in [2.75, 3.05) is 0 Å². The van der Waals surface area contributed by atoms with Crippen molar-refractivity contribution >= 4 is 5.78 Å². The van der Waals surface area contributed by atoms with E-state index in [0.29, 0.717) is 17.6 Å². The van der Waals surface area contributed by atoms with Crippen LogP contribution in [0.4, 0.5) is 0 Å². The molecule has 24 heavy (non-hydrogen) atoms.